The molecule has 0 aliphatic carbocycles. The van der Waals surface area contributed by atoms with Crippen LogP contribution in [-0.2, 0) is 0 Å². The first-order chi connectivity index (χ1) is 12.9. The first-order valence-electron chi connectivity index (χ1n) is 7.64. The van der Waals surface area contributed by atoms with Crippen molar-refractivity contribution in [2.75, 3.05) is 5.73 Å². The van der Waals surface area contributed by atoms with Crippen molar-refractivity contribution < 1.29 is 18.8 Å². The van der Waals surface area contributed by atoms with Crippen LogP contribution in [0, 0.1) is 24.0 Å². The van der Waals surface area contributed by atoms with Gasteiger partial charge in [0.25, 0.3) is 11.6 Å². The van der Waals surface area contributed by atoms with Crippen LogP contribution in [-0.4, -0.2) is 27.4 Å². The van der Waals surface area contributed by atoms with Gasteiger partial charge in [0.2, 0.25) is 11.5 Å². The standard InChI is InChI=1S/C16H14N6O5/c1-8-5-11(9(2)12(6-8)22(24)25)13-4-3-10(26-13)7-18-19-16(23)14-15(17)21-27-20-14/h3-7H,1-2H3,(H2,17,21)(H,19,23)/b18-7-. The fraction of sp³-hybridized carbons (Fsp3) is 0.125. The predicted octanol–water partition coefficient (Wildman–Crippen LogP) is 2.20. The summed E-state index contributed by atoms with van der Waals surface area (Å²) in [5.41, 5.74) is 9.27. The molecule has 2 aromatic heterocycles. The average Bonchev–Trinajstić information content (AvgIpc) is 3.25. The first kappa shape index (κ1) is 17.8. The SMILES string of the molecule is Cc1cc(-c2ccc(/C=N\NC(=O)c3nonc3N)o2)c(C)c([N+](=O)[O-])c1. The Bertz CT molecular complexity index is 1050. The molecule has 0 aliphatic rings. The Balaban J connectivity index is 1.79. The summed E-state index contributed by atoms with van der Waals surface area (Å²) >= 11 is 0. The molecule has 11 nitrogen and oxygen atoms in total. The van der Waals surface area contributed by atoms with E-state index in [9.17, 15) is 14.9 Å². The number of aryl methyl sites for hydroxylation is 1. The van der Waals surface area contributed by atoms with Gasteiger partial charge in [0.15, 0.2) is 0 Å². The fourth-order valence-electron chi connectivity index (χ4n) is 2.41. The zero-order chi connectivity index (χ0) is 19.6. The predicted molar refractivity (Wildman–Crippen MR) is 94.0 cm³/mol. The molecule has 0 fully saturated rings. The molecule has 1 amide bonds. The van der Waals surface area contributed by atoms with Gasteiger partial charge >= 0.3 is 0 Å². The monoisotopic (exact) mass is 370 g/mol. The summed E-state index contributed by atoms with van der Waals surface area (Å²) in [5.74, 6) is -0.0708. The summed E-state index contributed by atoms with van der Waals surface area (Å²) in [4.78, 5) is 22.5. The van der Waals surface area contributed by atoms with Gasteiger partial charge in [0.1, 0.15) is 11.5 Å². The highest BCUT2D eigenvalue weighted by Gasteiger charge is 2.18. The van der Waals surface area contributed by atoms with Gasteiger partial charge < -0.3 is 10.2 Å². The van der Waals surface area contributed by atoms with Gasteiger partial charge in [-0.05, 0) is 47.9 Å². The van der Waals surface area contributed by atoms with Crippen LogP contribution in [0.4, 0.5) is 11.5 Å². The summed E-state index contributed by atoms with van der Waals surface area (Å²) in [5, 5.41) is 21.6. The Morgan fingerprint density at radius 2 is 2.11 bits per heavy atom. The molecule has 11 heteroatoms. The zero-order valence-corrected chi connectivity index (χ0v) is 14.3. The van der Waals surface area contributed by atoms with Crippen LogP contribution in [0.2, 0.25) is 0 Å². The first-order valence-corrected chi connectivity index (χ1v) is 7.64. The second kappa shape index (κ2) is 7.07. The van der Waals surface area contributed by atoms with E-state index in [4.69, 9.17) is 10.2 Å². The zero-order valence-electron chi connectivity index (χ0n) is 14.3. The topological polar surface area (TPSA) is 163 Å². The number of carbonyl (C=O) groups is 1. The molecule has 3 aromatic rings. The largest absolute Gasteiger partial charge is 0.455 e. The Labute approximate surface area is 152 Å². The van der Waals surface area contributed by atoms with Crippen LogP contribution < -0.4 is 11.2 Å². The van der Waals surface area contributed by atoms with Crippen molar-refractivity contribution >= 4 is 23.6 Å². The summed E-state index contributed by atoms with van der Waals surface area (Å²) in [6.07, 6.45) is 1.27. The number of anilines is 1. The molecule has 0 unspecified atom stereocenters. The summed E-state index contributed by atoms with van der Waals surface area (Å²) < 4.78 is 9.97. The van der Waals surface area contributed by atoms with Crippen LogP contribution >= 0.6 is 0 Å². The van der Waals surface area contributed by atoms with Crippen LogP contribution in [0.25, 0.3) is 11.3 Å². The van der Waals surface area contributed by atoms with Crippen molar-refractivity contribution in [2.24, 2.45) is 5.10 Å². The number of nitro groups is 1. The summed E-state index contributed by atoms with van der Waals surface area (Å²) in [7, 11) is 0. The number of nitrogens with one attached hydrogen (secondary N) is 1. The highest BCUT2D eigenvalue weighted by Crippen LogP contribution is 2.32. The van der Waals surface area contributed by atoms with Crippen molar-refractivity contribution in [3.8, 4) is 11.3 Å². The number of nitrogens with zero attached hydrogens (tertiary/aromatic N) is 4. The quantitative estimate of drug-likeness (QED) is 0.392. The van der Waals surface area contributed by atoms with Gasteiger partial charge in [0.05, 0.1) is 11.1 Å². The number of hydrazone groups is 1. The van der Waals surface area contributed by atoms with E-state index in [1.807, 2.05) is 0 Å². The molecule has 0 bridgehead atoms. The van der Waals surface area contributed by atoms with E-state index in [-0.39, 0.29) is 17.2 Å². The third-order valence-corrected chi connectivity index (χ3v) is 3.70. The van der Waals surface area contributed by atoms with E-state index in [1.165, 1.54) is 12.3 Å². The maximum atomic E-state index is 11.8. The van der Waals surface area contributed by atoms with Crippen LogP contribution in [0.5, 0.6) is 0 Å². The number of aromatic nitrogens is 2. The molecule has 138 valence electrons. The van der Waals surface area contributed by atoms with Crippen molar-refractivity contribution in [3.05, 3.63) is 57.0 Å². The maximum absolute atomic E-state index is 11.8. The van der Waals surface area contributed by atoms with E-state index in [0.29, 0.717) is 22.6 Å². The number of nitrogen functional groups attached to an aromatic ring is 1. The second-order valence-electron chi connectivity index (χ2n) is 5.61. The number of hydrogen-bond acceptors (Lipinski definition) is 9. The molecule has 0 radical (unpaired) electrons. The minimum absolute atomic E-state index is 0.0164. The summed E-state index contributed by atoms with van der Waals surface area (Å²) in [6.45, 7) is 3.42. The molecule has 0 saturated carbocycles. The van der Waals surface area contributed by atoms with Crippen LogP contribution in [0.1, 0.15) is 27.4 Å². The summed E-state index contributed by atoms with van der Waals surface area (Å²) in [6, 6.07) is 6.58. The number of hydrogen-bond donors (Lipinski definition) is 2. The lowest BCUT2D eigenvalue weighted by molar-refractivity contribution is -0.385. The maximum Gasteiger partial charge on any atom is 0.297 e. The molecule has 0 spiro atoms. The van der Waals surface area contributed by atoms with E-state index in [0.717, 1.165) is 5.56 Å². The van der Waals surface area contributed by atoms with Gasteiger partial charge in [-0.3, -0.25) is 14.9 Å². The number of furan rings is 1. The van der Waals surface area contributed by atoms with Gasteiger partial charge in [-0.25, -0.2) is 10.1 Å². The van der Waals surface area contributed by atoms with Crippen molar-refractivity contribution in [1.82, 2.24) is 15.7 Å². The Morgan fingerprint density at radius 1 is 1.33 bits per heavy atom. The normalized spacial score (nSPS) is 11.0. The van der Waals surface area contributed by atoms with Gasteiger partial charge in [0, 0.05) is 17.2 Å². The highest BCUT2D eigenvalue weighted by atomic mass is 16.6. The third kappa shape index (κ3) is 3.66. The van der Waals surface area contributed by atoms with E-state index in [2.05, 4.69) is 25.5 Å². The third-order valence-electron chi connectivity index (χ3n) is 3.70. The number of carbonyl (C=O) groups excluding carboxylic acids is 1. The number of rotatable bonds is 5. The molecule has 27 heavy (non-hydrogen) atoms. The molecule has 2 heterocycles. The average molecular weight is 370 g/mol. The second-order valence-corrected chi connectivity index (χ2v) is 5.61. The Hall–Kier alpha value is -4.02. The lowest BCUT2D eigenvalue weighted by atomic mass is 10.0. The minimum atomic E-state index is -0.693. The number of amides is 1. The van der Waals surface area contributed by atoms with Crippen molar-refractivity contribution in [1.29, 1.82) is 0 Å². The lowest BCUT2D eigenvalue weighted by Crippen LogP contribution is -2.19. The van der Waals surface area contributed by atoms with Crippen molar-refractivity contribution in [2.45, 2.75) is 13.8 Å². The molecule has 1 aromatic carbocycles. The fourth-order valence-corrected chi connectivity index (χ4v) is 2.41. The molecule has 0 aliphatic heterocycles. The molecule has 3 N–H and O–H groups in total. The van der Waals surface area contributed by atoms with Crippen molar-refractivity contribution in [3.63, 3.8) is 0 Å². The Kier molecular flexibility index (Phi) is 4.66. The van der Waals surface area contributed by atoms with Crippen LogP contribution in [0.15, 0.2) is 38.4 Å². The molecular weight excluding hydrogens is 356 g/mol. The molecular formula is C16H14N6O5. The van der Waals surface area contributed by atoms with E-state index in [1.54, 1.807) is 32.0 Å². The smallest absolute Gasteiger partial charge is 0.297 e. The lowest BCUT2D eigenvalue weighted by Gasteiger charge is -2.05. The van der Waals surface area contributed by atoms with Gasteiger partial charge in [-0.15, -0.1) is 0 Å². The van der Waals surface area contributed by atoms with Gasteiger partial charge in [-0.1, -0.05) is 0 Å². The number of benzene rings is 1. The molecule has 3 rings (SSSR count). The van der Waals surface area contributed by atoms with E-state index < -0.39 is 10.8 Å². The van der Waals surface area contributed by atoms with E-state index >= 15 is 0 Å². The number of nitrogens with two attached hydrogens (primary N) is 1. The molecule has 0 saturated heterocycles. The highest BCUT2D eigenvalue weighted by molar-refractivity contribution is 5.96. The van der Waals surface area contributed by atoms with Gasteiger partial charge in [-0.2, -0.15) is 5.10 Å². The number of nitro benzene ring substituents is 1. The Morgan fingerprint density at radius 3 is 2.78 bits per heavy atom. The van der Waals surface area contributed by atoms with Crippen LogP contribution in [0.3, 0.4) is 0 Å². The molecule has 0 atom stereocenters. The minimum Gasteiger partial charge on any atom is -0.455 e.